The molecule has 1 unspecified atom stereocenters. The predicted octanol–water partition coefficient (Wildman–Crippen LogP) is 2.52. The van der Waals surface area contributed by atoms with Gasteiger partial charge in [0.05, 0.1) is 6.04 Å². The number of rotatable bonds is 4. The molecule has 0 bridgehead atoms. The van der Waals surface area contributed by atoms with Crippen LogP contribution in [0.15, 0.2) is 17.5 Å². The van der Waals surface area contributed by atoms with Gasteiger partial charge in [0.25, 0.3) is 0 Å². The maximum absolute atomic E-state index is 12.4. The Bertz CT molecular complexity index is 451. The van der Waals surface area contributed by atoms with Crippen LogP contribution in [0.2, 0.25) is 0 Å². The average molecular weight is 267 g/mol. The zero-order chi connectivity index (χ0) is 13.3. The van der Waals surface area contributed by atoms with Crippen molar-refractivity contribution in [3.8, 4) is 0 Å². The molecule has 1 amide bonds. The number of thiophene rings is 1. The Balaban J connectivity index is 2.16. The van der Waals surface area contributed by atoms with E-state index in [2.05, 4.69) is 0 Å². The second-order valence-electron chi connectivity index (χ2n) is 4.85. The van der Waals surface area contributed by atoms with Gasteiger partial charge in [-0.25, -0.2) is 0 Å². The van der Waals surface area contributed by atoms with E-state index < -0.39 is 11.4 Å². The fourth-order valence-corrected chi connectivity index (χ4v) is 3.11. The molecule has 1 fully saturated rings. The van der Waals surface area contributed by atoms with Gasteiger partial charge in [-0.3, -0.25) is 9.59 Å². The maximum Gasteiger partial charge on any atom is 0.319 e. The van der Waals surface area contributed by atoms with Crippen molar-refractivity contribution in [3.63, 3.8) is 0 Å². The van der Waals surface area contributed by atoms with Crippen LogP contribution < -0.4 is 0 Å². The first kappa shape index (κ1) is 13.1. The molecule has 5 heteroatoms. The molecule has 0 radical (unpaired) electrons. The van der Waals surface area contributed by atoms with Crippen LogP contribution in [0.4, 0.5) is 0 Å². The Morgan fingerprint density at radius 1 is 1.50 bits per heavy atom. The minimum absolute atomic E-state index is 0.0747. The van der Waals surface area contributed by atoms with Crippen molar-refractivity contribution in [1.82, 2.24) is 4.90 Å². The number of nitrogens with zero attached hydrogens (tertiary/aromatic N) is 1. The van der Waals surface area contributed by atoms with Crippen molar-refractivity contribution >= 4 is 23.2 Å². The SMILES string of the molecule is CC(c1cccs1)N(C)C(=O)C1(C(=O)O)CCC1. The average Bonchev–Trinajstić information content (AvgIpc) is 2.78. The summed E-state index contributed by atoms with van der Waals surface area (Å²) < 4.78 is 0. The molecule has 0 saturated heterocycles. The van der Waals surface area contributed by atoms with E-state index in [-0.39, 0.29) is 11.9 Å². The third-order valence-electron chi connectivity index (χ3n) is 3.88. The summed E-state index contributed by atoms with van der Waals surface area (Å²) in [4.78, 5) is 26.3. The summed E-state index contributed by atoms with van der Waals surface area (Å²) in [6.07, 6.45) is 1.74. The van der Waals surface area contributed by atoms with Crippen molar-refractivity contribution in [1.29, 1.82) is 0 Å². The van der Waals surface area contributed by atoms with Gasteiger partial charge in [0.2, 0.25) is 5.91 Å². The maximum atomic E-state index is 12.4. The normalized spacial score (nSPS) is 18.8. The van der Waals surface area contributed by atoms with Crippen molar-refractivity contribution < 1.29 is 14.7 Å². The molecule has 0 aromatic carbocycles. The fourth-order valence-electron chi connectivity index (χ4n) is 2.28. The van der Waals surface area contributed by atoms with E-state index in [1.807, 2.05) is 24.4 Å². The first-order chi connectivity index (χ1) is 8.49. The predicted molar refractivity (Wildman–Crippen MR) is 69.4 cm³/mol. The molecule has 1 aromatic heterocycles. The van der Waals surface area contributed by atoms with Crippen LogP contribution in [0.3, 0.4) is 0 Å². The quantitative estimate of drug-likeness (QED) is 0.853. The van der Waals surface area contributed by atoms with Crippen molar-refractivity contribution in [2.75, 3.05) is 7.05 Å². The van der Waals surface area contributed by atoms with Gasteiger partial charge in [0, 0.05) is 11.9 Å². The van der Waals surface area contributed by atoms with Gasteiger partial charge in [0.15, 0.2) is 0 Å². The summed E-state index contributed by atoms with van der Waals surface area (Å²) in [5.74, 6) is -1.24. The third-order valence-corrected chi connectivity index (χ3v) is 4.92. The van der Waals surface area contributed by atoms with E-state index in [0.717, 1.165) is 11.3 Å². The number of carboxylic acids is 1. The molecule has 4 nitrogen and oxygen atoms in total. The summed E-state index contributed by atoms with van der Waals surface area (Å²) in [6.45, 7) is 1.93. The summed E-state index contributed by atoms with van der Waals surface area (Å²) in [5, 5.41) is 11.2. The Labute approximate surface area is 110 Å². The number of carbonyl (C=O) groups excluding carboxylic acids is 1. The van der Waals surface area contributed by atoms with Crippen molar-refractivity contribution in [2.45, 2.75) is 32.2 Å². The van der Waals surface area contributed by atoms with Crippen molar-refractivity contribution in [3.05, 3.63) is 22.4 Å². The lowest BCUT2D eigenvalue weighted by molar-refractivity contribution is -0.167. The lowest BCUT2D eigenvalue weighted by Crippen LogP contribution is -2.51. The molecule has 1 atom stereocenters. The lowest BCUT2D eigenvalue weighted by Gasteiger charge is -2.40. The Kier molecular flexibility index (Phi) is 3.43. The van der Waals surface area contributed by atoms with Gasteiger partial charge >= 0.3 is 5.97 Å². The lowest BCUT2D eigenvalue weighted by atomic mass is 9.67. The number of carbonyl (C=O) groups is 2. The minimum atomic E-state index is -1.17. The molecule has 98 valence electrons. The number of aliphatic carboxylic acids is 1. The molecule has 0 spiro atoms. The topological polar surface area (TPSA) is 57.6 Å². The number of hydrogen-bond acceptors (Lipinski definition) is 3. The molecular formula is C13H17NO3S. The Hall–Kier alpha value is -1.36. The molecule has 2 rings (SSSR count). The summed E-state index contributed by atoms with van der Waals surface area (Å²) in [6, 6.07) is 3.83. The smallest absolute Gasteiger partial charge is 0.319 e. The van der Waals surface area contributed by atoms with Gasteiger partial charge in [-0.2, -0.15) is 0 Å². The first-order valence-electron chi connectivity index (χ1n) is 6.03. The number of amides is 1. The van der Waals surface area contributed by atoms with Crippen LogP contribution in [0, 0.1) is 5.41 Å². The molecular weight excluding hydrogens is 250 g/mol. The van der Waals surface area contributed by atoms with Crippen LogP contribution in [-0.4, -0.2) is 28.9 Å². The van der Waals surface area contributed by atoms with Crippen LogP contribution in [0.5, 0.6) is 0 Å². The fraction of sp³-hybridized carbons (Fsp3) is 0.538. The molecule has 1 aromatic rings. The Morgan fingerprint density at radius 3 is 2.56 bits per heavy atom. The van der Waals surface area contributed by atoms with E-state index in [4.69, 9.17) is 0 Å². The van der Waals surface area contributed by atoms with Crippen molar-refractivity contribution in [2.24, 2.45) is 5.41 Å². The largest absolute Gasteiger partial charge is 0.480 e. The first-order valence-corrected chi connectivity index (χ1v) is 6.91. The highest BCUT2D eigenvalue weighted by Crippen LogP contribution is 2.44. The second kappa shape index (κ2) is 4.72. The van der Waals surface area contributed by atoms with Gasteiger partial charge < -0.3 is 10.0 Å². The second-order valence-corrected chi connectivity index (χ2v) is 5.83. The highest BCUT2D eigenvalue weighted by molar-refractivity contribution is 7.10. The minimum Gasteiger partial charge on any atom is -0.480 e. The van der Waals surface area contributed by atoms with Crippen LogP contribution in [0.25, 0.3) is 0 Å². The van der Waals surface area contributed by atoms with Crippen LogP contribution >= 0.6 is 11.3 Å². The summed E-state index contributed by atoms with van der Waals surface area (Å²) in [7, 11) is 1.69. The van der Waals surface area contributed by atoms with E-state index in [1.165, 1.54) is 0 Å². The molecule has 1 heterocycles. The van der Waals surface area contributed by atoms with Gasteiger partial charge in [-0.05, 0) is 31.2 Å². The van der Waals surface area contributed by atoms with E-state index in [1.54, 1.807) is 23.3 Å². The van der Waals surface area contributed by atoms with Gasteiger partial charge in [0.1, 0.15) is 5.41 Å². The van der Waals surface area contributed by atoms with E-state index >= 15 is 0 Å². The van der Waals surface area contributed by atoms with Crippen LogP contribution in [-0.2, 0) is 9.59 Å². The molecule has 1 aliphatic carbocycles. The standard InChI is InChI=1S/C13H17NO3S/c1-9(10-5-3-8-18-10)14(2)11(15)13(12(16)17)6-4-7-13/h3,5,8-9H,4,6-7H2,1-2H3,(H,16,17). The number of carboxylic acid groups (broad SMARTS) is 1. The summed E-state index contributed by atoms with van der Waals surface area (Å²) in [5.41, 5.74) is -1.17. The third kappa shape index (κ3) is 1.92. The monoisotopic (exact) mass is 267 g/mol. The Morgan fingerprint density at radius 2 is 2.17 bits per heavy atom. The van der Waals surface area contributed by atoms with E-state index in [9.17, 15) is 14.7 Å². The number of hydrogen-bond donors (Lipinski definition) is 1. The van der Waals surface area contributed by atoms with Gasteiger partial charge in [-0.1, -0.05) is 12.5 Å². The highest BCUT2D eigenvalue weighted by atomic mass is 32.1. The van der Waals surface area contributed by atoms with Gasteiger partial charge in [-0.15, -0.1) is 11.3 Å². The molecule has 1 aliphatic rings. The highest BCUT2D eigenvalue weighted by Gasteiger charge is 2.52. The molecule has 18 heavy (non-hydrogen) atoms. The molecule has 1 saturated carbocycles. The van der Waals surface area contributed by atoms with E-state index in [0.29, 0.717) is 12.8 Å². The summed E-state index contributed by atoms with van der Waals surface area (Å²) >= 11 is 1.58. The molecule has 0 aliphatic heterocycles. The zero-order valence-corrected chi connectivity index (χ0v) is 11.4. The molecule has 1 N–H and O–H groups in total. The van der Waals surface area contributed by atoms with Crippen LogP contribution in [0.1, 0.15) is 37.1 Å². The zero-order valence-electron chi connectivity index (χ0n) is 10.5.